The molecule has 7 heteroatoms. The first kappa shape index (κ1) is 17.9. The molecule has 4 rings (SSSR count). The van der Waals surface area contributed by atoms with E-state index in [9.17, 15) is 25.2 Å². The number of rotatable bonds is 4. The number of fused-ring (bicyclic) bond motifs is 4. The molecule has 4 N–H and O–H groups in total. The number of phenols is 3. The summed E-state index contributed by atoms with van der Waals surface area (Å²) in [5.41, 5.74) is -1.57. The van der Waals surface area contributed by atoms with Crippen molar-refractivity contribution in [2.45, 2.75) is 24.2 Å². The summed E-state index contributed by atoms with van der Waals surface area (Å²) in [4.78, 5) is 13.3. The Morgan fingerprint density at radius 1 is 1.04 bits per heavy atom. The molecule has 2 aromatic carbocycles. The molecule has 7 nitrogen and oxygen atoms in total. The second kappa shape index (κ2) is 5.77. The zero-order valence-electron chi connectivity index (χ0n) is 14.8. The molecule has 0 fully saturated rings. The number of ketones is 1. The first-order valence-corrected chi connectivity index (χ1v) is 8.57. The van der Waals surface area contributed by atoms with E-state index in [2.05, 4.69) is 13.2 Å². The zero-order chi connectivity index (χ0) is 20.3. The molecule has 2 unspecified atom stereocenters. The third kappa shape index (κ3) is 2.05. The molecule has 0 saturated heterocycles. The van der Waals surface area contributed by atoms with Crippen LogP contribution in [0.1, 0.15) is 27.9 Å². The van der Waals surface area contributed by atoms with Gasteiger partial charge in [0.15, 0.2) is 0 Å². The van der Waals surface area contributed by atoms with Gasteiger partial charge in [0.1, 0.15) is 34.3 Å². The van der Waals surface area contributed by atoms with E-state index in [0.29, 0.717) is 5.56 Å². The van der Waals surface area contributed by atoms with Crippen LogP contribution < -0.4 is 9.47 Å². The van der Waals surface area contributed by atoms with Crippen LogP contribution in [0.2, 0.25) is 0 Å². The Kier molecular flexibility index (Phi) is 3.70. The summed E-state index contributed by atoms with van der Waals surface area (Å²) in [7, 11) is 0. The summed E-state index contributed by atoms with van der Waals surface area (Å²) in [5.74, 6) is -4.34. The highest BCUT2D eigenvalue weighted by molar-refractivity contribution is 6.09. The van der Waals surface area contributed by atoms with Gasteiger partial charge in [-0.15, -0.1) is 13.2 Å². The van der Waals surface area contributed by atoms with Crippen molar-refractivity contribution in [3.05, 3.63) is 66.3 Å². The quantitative estimate of drug-likeness (QED) is 0.601. The highest BCUT2D eigenvalue weighted by atomic mass is 16.7. The number of hydrogen-bond donors (Lipinski definition) is 4. The molecule has 144 valence electrons. The van der Waals surface area contributed by atoms with Gasteiger partial charge in [-0.05, 0) is 18.6 Å². The molecular weight excluding hydrogens is 364 g/mol. The third-order valence-corrected chi connectivity index (χ3v) is 5.15. The van der Waals surface area contributed by atoms with Crippen LogP contribution in [0.3, 0.4) is 0 Å². The number of aliphatic hydroxyl groups is 1. The topological polar surface area (TPSA) is 116 Å². The number of phenolic OH excluding ortho intramolecular Hbond substituents is 3. The number of carbonyl (C=O) groups is 1. The summed E-state index contributed by atoms with van der Waals surface area (Å²) in [6.07, 6.45) is 3.00. The van der Waals surface area contributed by atoms with E-state index in [1.54, 1.807) is 0 Å². The van der Waals surface area contributed by atoms with E-state index in [-0.39, 0.29) is 47.0 Å². The van der Waals surface area contributed by atoms with Crippen molar-refractivity contribution in [1.29, 1.82) is 0 Å². The minimum Gasteiger partial charge on any atom is -0.508 e. The first-order valence-electron chi connectivity index (χ1n) is 8.57. The molecule has 2 aliphatic heterocycles. The Labute approximate surface area is 160 Å². The predicted molar refractivity (Wildman–Crippen MR) is 98.8 cm³/mol. The fraction of sp³-hybridized carbons (Fsp3) is 0.190. The average molecular weight is 382 g/mol. The second-order valence-electron chi connectivity index (χ2n) is 6.77. The maximum Gasteiger partial charge on any atom is 0.318 e. The molecule has 0 amide bonds. The number of allylic oxidation sites excluding steroid dienone is 1. The van der Waals surface area contributed by atoms with Gasteiger partial charge in [-0.1, -0.05) is 12.2 Å². The lowest BCUT2D eigenvalue weighted by Crippen LogP contribution is -2.62. The van der Waals surface area contributed by atoms with Gasteiger partial charge in [0.2, 0.25) is 11.4 Å². The van der Waals surface area contributed by atoms with Crippen LogP contribution in [0.25, 0.3) is 0 Å². The van der Waals surface area contributed by atoms with Crippen molar-refractivity contribution in [3.63, 3.8) is 0 Å². The van der Waals surface area contributed by atoms with Crippen LogP contribution in [-0.2, 0) is 12.0 Å². The normalized spacial score (nSPS) is 24.4. The van der Waals surface area contributed by atoms with Crippen molar-refractivity contribution < 1.29 is 34.7 Å². The summed E-state index contributed by atoms with van der Waals surface area (Å²) < 4.78 is 11.6. The fourth-order valence-electron chi connectivity index (χ4n) is 3.88. The number of hydrogen-bond acceptors (Lipinski definition) is 7. The summed E-state index contributed by atoms with van der Waals surface area (Å²) >= 11 is 0. The largest absolute Gasteiger partial charge is 0.508 e. The Bertz CT molecular complexity index is 1040. The Morgan fingerprint density at radius 2 is 1.79 bits per heavy atom. The van der Waals surface area contributed by atoms with Gasteiger partial charge in [-0.2, -0.15) is 0 Å². The summed E-state index contributed by atoms with van der Waals surface area (Å²) in [6.45, 7) is 7.23. The van der Waals surface area contributed by atoms with Crippen LogP contribution in [-0.4, -0.2) is 32.0 Å². The molecule has 0 bridgehead atoms. The summed E-state index contributed by atoms with van der Waals surface area (Å²) in [6, 6.07) is 5.34. The predicted octanol–water partition coefficient (Wildman–Crippen LogP) is 2.66. The highest BCUT2D eigenvalue weighted by Gasteiger charge is 2.69. The van der Waals surface area contributed by atoms with Crippen LogP contribution in [0.15, 0.2) is 49.6 Å². The van der Waals surface area contributed by atoms with Crippen LogP contribution >= 0.6 is 0 Å². The minimum atomic E-state index is -2.50. The van der Waals surface area contributed by atoms with Gasteiger partial charge >= 0.3 is 5.79 Å². The lowest BCUT2D eigenvalue weighted by Gasteiger charge is -2.43. The van der Waals surface area contributed by atoms with Crippen molar-refractivity contribution in [3.8, 4) is 28.7 Å². The molecular formula is C21H18O7. The molecule has 0 saturated carbocycles. The Morgan fingerprint density at radius 3 is 2.46 bits per heavy atom. The smallest absolute Gasteiger partial charge is 0.318 e. The van der Waals surface area contributed by atoms with Crippen LogP contribution in [0.5, 0.6) is 28.7 Å². The SMILES string of the molecule is C=CCc1c(O)cc2c(c1O)C(=O)C1(O)Oc3cc(O)ccc3C1(CC=C)O2. The van der Waals surface area contributed by atoms with Crippen molar-refractivity contribution in [1.82, 2.24) is 0 Å². The monoisotopic (exact) mass is 382 g/mol. The van der Waals surface area contributed by atoms with E-state index in [4.69, 9.17) is 9.47 Å². The Hall–Kier alpha value is -3.45. The van der Waals surface area contributed by atoms with Gasteiger partial charge in [0, 0.05) is 29.7 Å². The first-order chi connectivity index (χ1) is 13.3. The highest BCUT2D eigenvalue weighted by Crippen LogP contribution is 2.58. The summed E-state index contributed by atoms with van der Waals surface area (Å²) in [5, 5.41) is 41.9. The third-order valence-electron chi connectivity index (χ3n) is 5.15. The van der Waals surface area contributed by atoms with Gasteiger partial charge in [0.05, 0.1) is 0 Å². The standard InChI is InChI=1S/C21H18O7/c1-3-5-12-14(23)10-16-17(18(12)24)19(25)21(26)20(27-16,8-4-2)13-7-6-11(22)9-15(13)28-21/h3-4,6-7,9-10,22-24,26H,1-2,5,8H2. The molecule has 0 radical (unpaired) electrons. The molecule has 0 aliphatic carbocycles. The van der Waals surface area contributed by atoms with Crippen LogP contribution in [0.4, 0.5) is 0 Å². The molecule has 28 heavy (non-hydrogen) atoms. The molecule has 2 aromatic rings. The van der Waals surface area contributed by atoms with Crippen LogP contribution in [0, 0.1) is 0 Å². The van der Waals surface area contributed by atoms with E-state index >= 15 is 0 Å². The maximum atomic E-state index is 13.3. The van der Waals surface area contributed by atoms with E-state index < -0.39 is 22.9 Å². The molecule has 0 spiro atoms. The fourth-order valence-corrected chi connectivity index (χ4v) is 3.88. The lowest BCUT2D eigenvalue weighted by atomic mass is 9.77. The van der Waals surface area contributed by atoms with Gasteiger partial charge in [-0.3, -0.25) is 4.79 Å². The van der Waals surface area contributed by atoms with Gasteiger partial charge in [-0.25, -0.2) is 0 Å². The van der Waals surface area contributed by atoms with Crippen molar-refractivity contribution >= 4 is 5.78 Å². The molecule has 0 aromatic heterocycles. The van der Waals surface area contributed by atoms with E-state index in [0.717, 1.165) is 0 Å². The van der Waals surface area contributed by atoms with Crippen molar-refractivity contribution in [2.75, 3.05) is 0 Å². The number of Topliss-reactive ketones (excluding diaryl/α,β-unsaturated/α-hetero) is 1. The Balaban J connectivity index is 2.00. The average Bonchev–Trinajstić information content (AvgIpc) is 2.87. The molecule has 2 atom stereocenters. The molecule has 2 heterocycles. The van der Waals surface area contributed by atoms with Gasteiger partial charge < -0.3 is 29.9 Å². The second-order valence-corrected chi connectivity index (χ2v) is 6.77. The van der Waals surface area contributed by atoms with E-state index in [1.807, 2.05) is 0 Å². The number of ether oxygens (including phenoxy) is 2. The lowest BCUT2D eigenvalue weighted by molar-refractivity contribution is -0.201. The number of benzene rings is 2. The van der Waals surface area contributed by atoms with E-state index in [1.165, 1.54) is 36.4 Å². The zero-order valence-corrected chi connectivity index (χ0v) is 14.8. The van der Waals surface area contributed by atoms with Gasteiger partial charge in [0.25, 0.3) is 0 Å². The molecule has 2 aliphatic rings. The number of carbonyl (C=O) groups excluding carboxylic acids is 1. The minimum absolute atomic E-state index is 0.0115. The number of aromatic hydroxyl groups is 3. The van der Waals surface area contributed by atoms with Crippen molar-refractivity contribution in [2.24, 2.45) is 0 Å². The maximum absolute atomic E-state index is 13.3.